The SMILES string of the molecule is NC(=O)C(Cc1ccccc1)NC(=O)c1ccc(Cl)c(S(=O)(=O)N2CCCCC2)c1. The Balaban J connectivity index is 1.82. The summed E-state index contributed by atoms with van der Waals surface area (Å²) in [5, 5.41) is 2.64. The number of nitrogens with one attached hydrogen (secondary N) is 1. The van der Waals surface area contributed by atoms with Crippen LogP contribution in [0.2, 0.25) is 5.02 Å². The van der Waals surface area contributed by atoms with Crippen LogP contribution in [0, 0.1) is 0 Å². The van der Waals surface area contributed by atoms with Crippen molar-refractivity contribution in [1.82, 2.24) is 9.62 Å². The van der Waals surface area contributed by atoms with Gasteiger partial charge in [0, 0.05) is 25.1 Å². The van der Waals surface area contributed by atoms with E-state index in [4.69, 9.17) is 17.3 Å². The summed E-state index contributed by atoms with van der Waals surface area (Å²) in [4.78, 5) is 24.5. The van der Waals surface area contributed by atoms with Crippen LogP contribution < -0.4 is 11.1 Å². The van der Waals surface area contributed by atoms with Crippen LogP contribution in [0.1, 0.15) is 35.2 Å². The summed E-state index contributed by atoms with van der Waals surface area (Å²) < 4.78 is 27.4. The second-order valence-electron chi connectivity index (χ2n) is 7.23. The molecule has 3 rings (SSSR count). The highest BCUT2D eigenvalue weighted by Gasteiger charge is 2.29. The third kappa shape index (κ3) is 5.19. The maximum atomic E-state index is 13.0. The lowest BCUT2D eigenvalue weighted by atomic mass is 10.0. The molecule has 1 saturated heterocycles. The molecule has 2 aromatic rings. The third-order valence-electron chi connectivity index (χ3n) is 5.06. The molecule has 0 spiro atoms. The van der Waals surface area contributed by atoms with E-state index >= 15 is 0 Å². The average molecular weight is 450 g/mol. The highest BCUT2D eigenvalue weighted by atomic mass is 35.5. The molecule has 1 aliphatic heterocycles. The van der Waals surface area contributed by atoms with Crippen molar-refractivity contribution < 1.29 is 18.0 Å². The summed E-state index contributed by atoms with van der Waals surface area (Å²) in [5.74, 6) is -1.27. The van der Waals surface area contributed by atoms with Crippen LogP contribution in [-0.2, 0) is 21.2 Å². The van der Waals surface area contributed by atoms with E-state index < -0.39 is 27.9 Å². The molecule has 2 amide bonds. The fourth-order valence-electron chi connectivity index (χ4n) is 3.40. The van der Waals surface area contributed by atoms with Crippen molar-refractivity contribution in [3.63, 3.8) is 0 Å². The Morgan fingerprint density at radius 3 is 2.37 bits per heavy atom. The van der Waals surface area contributed by atoms with Gasteiger partial charge < -0.3 is 11.1 Å². The number of carbonyl (C=O) groups excluding carboxylic acids is 2. The molecule has 2 aromatic carbocycles. The Morgan fingerprint density at radius 2 is 1.73 bits per heavy atom. The summed E-state index contributed by atoms with van der Waals surface area (Å²) in [6.07, 6.45) is 2.79. The van der Waals surface area contributed by atoms with E-state index in [1.165, 1.54) is 22.5 Å². The van der Waals surface area contributed by atoms with Crippen molar-refractivity contribution in [2.75, 3.05) is 13.1 Å². The molecule has 1 unspecified atom stereocenters. The minimum Gasteiger partial charge on any atom is -0.368 e. The Kier molecular flexibility index (Phi) is 7.12. The number of rotatable bonds is 7. The molecule has 0 aliphatic carbocycles. The van der Waals surface area contributed by atoms with E-state index in [2.05, 4.69) is 5.32 Å². The number of nitrogens with two attached hydrogens (primary N) is 1. The highest BCUT2D eigenvalue weighted by molar-refractivity contribution is 7.89. The van der Waals surface area contributed by atoms with Crippen molar-refractivity contribution in [3.8, 4) is 0 Å². The van der Waals surface area contributed by atoms with Gasteiger partial charge in [-0.1, -0.05) is 48.4 Å². The molecule has 1 aliphatic rings. The molecule has 3 N–H and O–H groups in total. The fraction of sp³-hybridized carbons (Fsp3) is 0.333. The predicted octanol–water partition coefficient (Wildman–Crippen LogP) is 2.34. The van der Waals surface area contributed by atoms with Gasteiger partial charge >= 0.3 is 0 Å². The Hall–Kier alpha value is -2.42. The van der Waals surface area contributed by atoms with Crippen LogP contribution in [0.5, 0.6) is 0 Å². The lowest BCUT2D eigenvalue weighted by Gasteiger charge is -2.26. The van der Waals surface area contributed by atoms with Gasteiger partial charge in [-0.3, -0.25) is 9.59 Å². The summed E-state index contributed by atoms with van der Waals surface area (Å²) in [5.41, 5.74) is 6.39. The first kappa shape index (κ1) is 22.3. The van der Waals surface area contributed by atoms with Crippen molar-refractivity contribution in [2.24, 2.45) is 5.73 Å². The first-order valence-electron chi connectivity index (χ1n) is 9.73. The quantitative estimate of drug-likeness (QED) is 0.675. The molecule has 0 radical (unpaired) electrons. The van der Waals surface area contributed by atoms with Crippen molar-refractivity contribution in [3.05, 3.63) is 64.7 Å². The van der Waals surface area contributed by atoms with Crippen molar-refractivity contribution >= 4 is 33.4 Å². The molecule has 9 heteroatoms. The van der Waals surface area contributed by atoms with Crippen molar-refractivity contribution in [1.29, 1.82) is 0 Å². The molecular formula is C21H24ClN3O4S. The molecule has 0 bridgehead atoms. The van der Waals surface area contributed by atoms with Gasteiger partial charge in [0.2, 0.25) is 15.9 Å². The van der Waals surface area contributed by atoms with Gasteiger partial charge in [0.25, 0.3) is 5.91 Å². The van der Waals surface area contributed by atoms with Crippen LogP contribution in [0.15, 0.2) is 53.4 Å². The molecule has 1 fully saturated rings. The van der Waals surface area contributed by atoms with Gasteiger partial charge in [-0.2, -0.15) is 4.31 Å². The first-order valence-corrected chi connectivity index (χ1v) is 11.5. The Morgan fingerprint density at radius 1 is 1.07 bits per heavy atom. The number of piperidine rings is 1. The third-order valence-corrected chi connectivity index (χ3v) is 7.44. The fourth-order valence-corrected chi connectivity index (χ4v) is 5.42. The summed E-state index contributed by atoms with van der Waals surface area (Å²) >= 11 is 6.16. The Labute approximate surface area is 181 Å². The van der Waals surface area contributed by atoms with E-state index in [1.54, 1.807) is 0 Å². The monoisotopic (exact) mass is 449 g/mol. The minimum absolute atomic E-state index is 0.0489. The second-order valence-corrected chi connectivity index (χ2v) is 9.54. The minimum atomic E-state index is -3.81. The van der Waals surface area contributed by atoms with E-state index in [1.807, 2.05) is 30.3 Å². The zero-order valence-corrected chi connectivity index (χ0v) is 18.0. The standard InChI is InChI=1S/C21H24ClN3O4S/c22-17-10-9-16(14-19(17)30(28,29)25-11-5-2-6-12-25)21(27)24-18(20(23)26)13-15-7-3-1-4-8-15/h1,3-4,7-10,14,18H,2,5-6,11-13H2,(H2,23,26)(H,24,27). The number of hydrogen-bond acceptors (Lipinski definition) is 4. The molecule has 7 nitrogen and oxygen atoms in total. The number of halogens is 1. The molecular weight excluding hydrogens is 426 g/mol. The number of amides is 2. The lowest BCUT2D eigenvalue weighted by molar-refractivity contribution is -0.119. The Bertz CT molecular complexity index is 1020. The average Bonchev–Trinajstić information content (AvgIpc) is 2.74. The zero-order chi connectivity index (χ0) is 21.7. The van der Waals surface area contributed by atoms with E-state index in [-0.39, 0.29) is 21.9 Å². The van der Waals surface area contributed by atoms with Crippen LogP contribution >= 0.6 is 11.6 Å². The van der Waals surface area contributed by atoms with Crippen LogP contribution in [0.4, 0.5) is 0 Å². The number of nitrogens with zero attached hydrogens (tertiary/aromatic N) is 1. The molecule has 160 valence electrons. The maximum absolute atomic E-state index is 13.0. The lowest BCUT2D eigenvalue weighted by Crippen LogP contribution is -2.45. The van der Waals surface area contributed by atoms with Gasteiger partial charge in [-0.15, -0.1) is 0 Å². The van der Waals surface area contributed by atoms with Gasteiger partial charge in [-0.05, 0) is 36.6 Å². The summed E-state index contributed by atoms with van der Waals surface area (Å²) in [6.45, 7) is 0.853. The number of primary amides is 1. The van der Waals surface area contributed by atoms with Crippen molar-refractivity contribution in [2.45, 2.75) is 36.6 Å². The number of carbonyl (C=O) groups is 2. The molecule has 1 heterocycles. The van der Waals surface area contributed by atoms with Crippen LogP contribution in [0.3, 0.4) is 0 Å². The van der Waals surface area contributed by atoms with Crippen LogP contribution in [0.25, 0.3) is 0 Å². The second kappa shape index (κ2) is 9.59. The topological polar surface area (TPSA) is 110 Å². The largest absolute Gasteiger partial charge is 0.368 e. The predicted molar refractivity (Wildman–Crippen MR) is 115 cm³/mol. The molecule has 0 saturated carbocycles. The van der Waals surface area contributed by atoms with E-state index in [0.717, 1.165) is 24.8 Å². The number of hydrogen-bond donors (Lipinski definition) is 2. The smallest absolute Gasteiger partial charge is 0.251 e. The summed E-state index contributed by atoms with van der Waals surface area (Å²) in [6, 6.07) is 12.3. The van der Waals surface area contributed by atoms with Gasteiger partial charge in [0.05, 0.1) is 5.02 Å². The van der Waals surface area contributed by atoms with E-state index in [0.29, 0.717) is 13.1 Å². The van der Waals surface area contributed by atoms with Crippen LogP contribution in [-0.4, -0.2) is 43.7 Å². The van der Waals surface area contributed by atoms with Gasteiger partial charge in [0.1, 0.15) is 10.9 Å². The number of benzene rings is 2. The molecule has 30 heavy (non-hydrogen) atoms. The molecule has 1 atom stereocenters. The van der Waals surface area contributed by atoms with Gasteiger partial charge in [0.15, 0.2) is 0 Å². The van der Waals surface area contributed by atoms with Gasteiger partial charge in [-0.25, -0.2) is 8.42 Å². The van der Waals surface area contributed by atoms with E-state index in [9.17, 15) is 18.0 Å². The number of sulfonamides is 1. The normalized spacial score (nSPS) is 16.0. The highest BCUT2D eigenvalue weighted by Crippen LogP contribution is 2.28. The summed E-state index contributed by atoms with van der Waals surface area (Å²) in [7, 11) is -3.81. The maximum Gasteiger partial charge on any atom is 0.251 e. The zero-order valence-electron chi connectivity index (χ0n) is 16.4. The molecule has 0 aromatic heterocycles. The first-order chi connectivity index (χ1) is 14.3.